The molecule has 0 amide bonds. The highest BCUT2D eigenvalue weighted by molar-refractivity contribution is 7.89. The summed E-state index contributed by atoms with van der Waals surface area (Å²) in [5.41, 5.74) is 0.598. The molecule has 0 saturated carbocycles. The summed E-state index contributed by atoms with van der Waals surface area (Å²) in [7, 11) is -3.52. The smallest absolute Gasteiger partial charge is 0.307 e. The van der Waals surface area contributed by atoms with E-state index in [-0.39, 0.29) is 23.4 Å². The van der Waals surface area contributed by atoms with Crippen molar-refractivity contribution in [1.82, 2.24) is 4.31 Å². The molecular weight excluding hydrogens is 290 g/mol. The third kappa shape index (κ3) is 3.44. The summed E-state index contributed by atoms with van der Waals surface area (Å²) in [4.78, 5) is 10.9. The number of benzene rings is 1. The average molecular weight is 311 g/mol. The van der Waals surface area contributed by atoms with E-state index in [9.17, 15) is 13.2 Å². The number of hydrogen-bond acceptors (Lipinski definition) is 3. The number of hydrogen-bond donors (Lipinski definition) is 1. The third-order valence-electron chi connectivity index (χ3n) is 3.97. The summed E-state index contributed by atoms with van der Waals surface area (Å²) in [6, 6.07) is 6.14. The van der Waals surface area contributed by atoms with Crippen LogP contribution in [0.25, 0.3) is 0 Å². The lowest BCUT2D eigenvalue weighted by molar-refractivity contribution is -0.136. The Labute approximate surface area is 125 Å². The summed E-state index contributed by atoms with van der Waals surface area (Å²) >= 11 is 0. The van der Waals surface area contributed by atoms with E-state index < -0.39 is 16.0 Å². The van der Waals surface area contributed by atoms with Crippen LogP contribution in [0, 0.1) is 0 Å². The van der Waals surface area contributed by atoms with Gasteiger partial charge < -0.3 is 5.11 Å². The van der Waals surface area contributed by atoms with Gasteiger partial charge in [0.25, 0.3) is 0 Å². The fourth-order valence-electron chi connectivity index (χ4n) is 2.95. The fraction of sp³-hybridized carbons (Fsp3) is 0.533. The van der Waals surface area contributed by atoms with Crippen LogP contribution >= 0.6 is 0 Å². The molecule has 1 aliphatic rings. The second-order valence-electron chi connectivity index (χ2n) is 5.68. The Kier molecular flexibility index (Phi) is 4.68. The Balaban J connectivity index is 2.28. The third-order valence-corrected chi connectivity index (χ3v) is 6.11. The van der Waals surface area contributed by atoms with Crippen LogP contribution in [0.5, 0.6) is 0 Å². The molecule has 2 unspecified atom stereocenters. The highest BCUT2D eigenvalue weighted by atomic mass is 32.2. The van der Waals surface area contributed by atoms with E-state index in [0.29, 0.717) is 5.56 Å². The molecule has 1 N–H and O–H groups in total. The highest BCUT2D eigenvalue weighted by Gasteiger charge is 2.35. The zero-order valence-electron chi connectivity index (χ0n) is 12.3. The van der Waals surface area contributed by atoms with Crippen LogP contribution in [0.4, 0.5) is 0 Å². The van der Waals surface area contributed by atoms with Crippen molar-refractivity contribution in [3.63, 3.8) is 0 Å². The Morgan fingerprint density at radius 2 is 1.71 bits per heavy atom. The molecular formula is C15H21NO4S. The van der Waals surface area contributed by atoms with Gasteiger partial charge in [-0.05, 0) is 44.4 Å². The first-order valence-corrected chi connectivity index (χ1v) is 8.60. The first kappa shape index (κ1) is 16.0. The van der Waals surface area contributed by atoms with Gasteiger partial charge in [0.15, 0.2) is 0 Å². The van der Waals surface area contributed by atoms with Gasteiger partial charge in [-0.15, -0.1) is 0 Å². The van der Waals surface area contributed by atoms with Crippen molar-refractivity contribution in [2.45, 2.75) is 56.5 Å². The zero-order chi connectivity index (χ0) is 15.6. The van der Waals surface area contributed by atoms with Gasteiger partial charge in [-0.25, -0.2) is 8.42 Å². The van der Waals surface area contributed by atoms with Crippen LogP contribution in [-0.4, -0.2) is 35.9 Å². The van der Waals surface area contributed by atoms with Crippen molar-refractivity contribution < 1.29 is 18.3 Å². The number of carboxylic acid groups (broad SMARTS) is 1. The molecule has 0 bridgehead atoms. The summed E-state index contributed by atoms with van der Waals surface area (Å²) in [5.74, 6) is -0.927. The minimum Gasteiger partial charge on any atom is -0.481 e. The van der Waals surface area contributed by atoms with Crippen LogP contribution in [-0.2, 0) is 21.2 Å². The van der Waals surface area contributed by atoms with Crippen LogP contribution in [0.2, 0.25) is 0 Å². The van der Waals surface area contributed by atoms with Crippen molar-refractivity contribution in [3.05, 3.63) is 29.8 Å². The molecule has 116 valence electrons. The Hall–Kier alpha value is -1.40. The molecule has 1 aliphatic heterocycles. The quantitative estimate of drug-likeness (QED) is 0.925. The van der Waals surface area contributed by atoms with E-state index in [1.165, 1.54) is 12.1 Å². The van der Waals surface area contributed by atoms with Crippen molar-refractivity contribution in [1.29, 1.82) is 0 Å². The number of nitrogens with zero attached hydrogens (tertiary/aromatic N) is 1. The maximum Gasteiger partial charge on any atom is 0.307 e. The van der Waals surface area contributed by atoms with Crippen LogP contribution in [0.15, 0.2) is 29.2 Å². The molecule has 5 nitrogen and oxygen atoms in total. The number of aliphatic carboxylic acids is 1. The molecule has 0 radical (unpaired) electrons. The van der Waals surface area contributed by atoms with Crippen molar-refractivity contribution in [2.24, 2.45) is 0 Å². The maximum absolute atomic E-state index is 12.8. The van der Waals surface area contributed by atoms with Gasteiger partial charge in [0.2, 0.25) is 10.0 Å². The molecule has 0 spiro atoms. The minimum absolute atomic E-state index is 0.00236. The normalized spacial score (nSPS) is 23.9. The zero-order valence-corrected chi connectivity index (χ0v) is 13.1. The van der Waals surface area contributed by atoms with Gasteiger partial charge >= 0.3 is 5.97 Å². The molecule has 1 fully saturated rings. The Bertz CT molecular complexity index is 599. The molecule has 6 heteroatoms. The summed E-state index contributed by atoms with van der Waals surface area (Å²) in [6.45, 7) is 3.87. The summed E-state index contributed by atoms with van der Waals surface area (Å²) in [6.07, 6.45) is 2.70. The first-order chi connectivity index (χ1) is 9.82. The maximum atomic E-state index is 12.8. The predicted octanol–water partition coefficient (Wildman–Crippen LogP) is 2.27. The van der Waals surface area contributed by atoms with Crippen molar-refractivity contribution in [3.8, 4) is 0 Å². The molecule has 2 atom stereocenters. The van der Waals surface area contributed by atoms with E-state index in [1.807, 2.05) is 13.8 Å². The van der Waals surface area contributed by atoms with Crippen LogP contribution < -0.4 is 0 Å². The van der Waals surface area contributed by atoms with Gasteiger partial charge in [-0.3, -0.25) is 4.79 Å². The number of carboxylic acids is 1. The molecule has 21 heavy (non-hydrogen) atoms. The highest BCUT2D eigenvalue weighted by Crippen LogP contribution is 2.29. The lowest BCUT2D eigenvalue weighted by atomic mass is 10.0. The van der Waals surface area contributed by atoms with Crippen LogP contribution in [0.1, 0.15) is 38.7 Å². The first-order valence-electron chi connectivity index (χ1n) is 7.16. The van der Waals surface area contributed by atoms with Crippen molar-refractivity contribution in [2.75, 3.05) is 0 Å². The second-order valence-corrected chi connectivity index (χ2v) is 7.52. The van der Waals surface area contributed by atoms with Crippen LogP contribution in [0.3, 0.4) is 0 Å². The molecule has 0 aliphatic carbocycles. The van der Waals surface area contributed by atoms with Crippen molar-refractivity contribution >= 4 is 16.0 Å². The topological polar surface area (TPSA) is 74.7 Å². The molecule has 1 aromatic rings. The standard InChI is InChI=1S/C15H21NO4S/c1-11-4-3-5-12(2)16(11)21(19,20)14-8-6-13(7-9-14)10-15(17)18/h6-9,11-12H,3-5,10H2,1-2H3,(H,17,18). The van der Waals surface area contributed by atoms with Gasteiger partial charge in [0.05, 0.1) is 11.3 Å². The number of rotatable bonds is 4. The molecule has 1 saturated heterocycles. The van der Waals surface area contributed by atoms with Gasteiger partial charge in [-0.1, -0.05) is 18.6 Å². The molecule has 1 aromatic carbocycles. The average Bonchev–Trinajstić information content (AvgIpc) is 2.38. The van der Waals surface area contributed by atoms with E-state index in [2.05, 4.69) is 0 Å². The lowest BCUT2D eigenvalue weighted by Crippen LogP contribution is -2.47. The predicted molar refractivity (Wildman–Crippen MR) is 79.6 cm³/mol. The molecule has 0 aromatic heterocycles. The van der Waals surface area contributed by atoms with E-state index >= 15 is 0 Å². The second kappa shape index (κ2) is 6.15. The fourth-order valence-corrected chi connectivity index (χ4v) is 4.83. The number of piperidine rings is 1. The van der Waals surface area contributed by atoms with E-state index in [0.717, 1.165) is 19.3 Å². The molecule has 1 heterocycles. The van der Waals surface area contributed by atoms with E-state index in [4.69, 9.17) is 5.11 Å². The Morgan fingerprint density at radius 1 is 1.19 bits per heavy atom. The SMILES string of the molecule is CC1CCCC(C)N1S(=O)(=O)c1ccc(CC(=O)O)cc1. The van der Waals surface area contributed by atoms with Gasteiger partial charge in [0, 0.05) is 12.1 Å². The lowest BCUT2D eigenvalue weighted by Gasteiger charge is -2.37. The van der Waals surface area contributed by atoms with Gasteiger partial charge in [-0.2, -0.15) is 4.31 Å². The summed E-state index contributed by atoms with van der Waals surface area (Å²) in [5, 5.41) is 8.74. The Morgan fingerprint density at radius 3 is 2.19 bits per heavy atom. The monoisotopic (exact) mass is 311 g/mol. The number of sulfonamides is 1. The summed E-state index contributed by atoms with van der Waals surface area (Å²) < 4.78 is 27.1. The largest absolute Gasteiger partial charge is 0.481 e. The van der Waals surface area contributed by atoms with E-state index in [1.54, 1.807) is 16.4 Å². The number of carbonyl (C=O) groups is 1. The molecule has 2 rings (SSSR count). The minimum atomic E-state index is -3.52. The van der Waals surface area contributed by atoms with Gasteiger partial charge in [0.1, 0.15) is 0 Å².